The van der Waals surface area contributed by atoms with Crippen LogP contribution in [0.1, 0.15) is 26.4 Å². The van der Waals surface area contributed by atoms with Crippen molar-refractivity contribution in [1.82, 2.24) is 24.7 Å². The maximum atomic E-state index is 13.0. The highest BCUT2D eigenvalue weighted by atomic mass is 35.5. The topological polar surface area (TPSA) is 160 Å². The highest BCUT2D eigenvalue weighted by molar-refractivity contribution is 6.37. The maximum Gasteiger partial charge on any atom is 0.362 e. The number of amides is 1. The van der Waals surface area contributed by atoms with E-state index in [2.05, 4.69) is 15.1 Å². The van der Waals surface area contributed by atoms with E-state index in [1.165, 1.54) is 17.0 Å². The van der Waals surface area contributed by atoms with E-state index >= 15 is 0 Å². The van der Waals surface area contributed by atoms with Gasteiger partial charge in [0.1, 0.15) is 5.75 Å². The van der Waals surface area contributed by atoms with Crippen LogP contribution in [-0.2, 0) is 6.42 Å². The van der Waals surface area contributed by atoms with Gasteiger partial charge in [-0.05, 0) is 48.4 Å². The number of carboxylic acids is 1. The minimum atomic E-state index is -1.61. The fourth-order valence-electron chi connectivity index (χ4n) is 3.75. The Morgan fingerprint density at radius 1 is 1.05 bits per heavy atom. The molecule has 14 heteroatoms. The molecule has 1 aliphatic rings. The molecule has 0 fully saturated rings. The predicted molar refractivity (Wildman–Crippen MR) is 131 cm³/mol. The lowest BCUT2D eigenvalue weighted by molar-refractivity contribution is 0.0685. The number of aromatic amines is 1. The van der Waals surface area contributed by atoms with Crippen LogP contribution >= 0.6 is 23.2 Å². The smallest absolute Gasteiger partial charge is 0.362 e. The van der Waals surface area contributed by atoms with Crippen molar-refractivity contribution in [3.8, 4) is 17.2 Å². The number of anilines is 1. The predicted octanol–water partition coefficient (Wildman–Crippen LogP) is 2.71. The molecule has 0 spiro atoms. The zero-order chi connectivity index (χ0) is 26.3. The Morgan fingerprint density at radius 2 is 1.76 bits per heavy atom. The first kappa shape index (κ1) is 24.2. The average molecular weight is 541 g/mol. The Bertz CT molecular complexity index is 1660. The number of hydrogen-bond acceptors (Lipinski definition) is 8. The first-order valence-corrected chi connectivity index (χ1v) is 11.3. The number of aromatic carboxylic acids is 1. The summed E-state index contributed by atoms with van der Waals surface area (Å²) in [6.45, 7) is 0.384. The summed E-state index contributed by atoms with van der Waals surface area (Å²) in [4.78, 5) is 59.7. The van der Waals surface area contributed by atoms with Gasteiger partial charge in [-0.25, -0.2) is 19.6 Å². The summed E-state index contributed by atoms with van der Waals surface area (Å²) in [6.07, 6.45) is 3.66. The summed E-state index contributed by atoms with van der Waals surface area (Å²) in [5, 5.41) is 12.7. The molecular formula is C23H14Cl2N6O6. The van der Waals surface area contributed by atoms with Gasteiger partial charge in [-0.1, -0.05) is 23.2 Å². The SMILES string of the molecule is O=C(O)c1nn(-c2cc(Cl)c(Oc3ccc4c(c3)CCN(c3ncccn3)C4=O)c(Cl)c2)c(=O)[nH]c1=O. The van der Waals surface area contributed by atoms with Gasteiger partial charge in [-0.2, -0.15) is 9.78 Å². The first-order valence-electron chi connectivity index (χ1n) is 10.6. The third-order valence-electron chi connectivity index (χ3n) is 5.43. The summed E-state index contributed by atoms with van der Waals surface area (Å²) in [7, 11) is 0. The number of carboxylic acid groups (broad SMARTS) is 1. The van der Waals surface area contributed by atoms with Gasteiger partial charge >= 0.3 is 11.7 Å². The Balaban J connectivity index is 1.43. The number of nitrogens with zero attached hydrogens (tertiary/aromatic N) is 5. The van der Waals surface area contributed by atoms with Crippen LogP contribution < -0.4 is 20.9 Å². The molecule has 186 valence electrons. The largest absolute Gasteiger partial charge is 0.476 e. The molecule has 0 saturated carbocycles. The normalized spacial score (nSPS) is 12.8. The molecule has 2 N–H and O–H groups in total. The summed E-state index contributed by atoms with van der Waals surface area (Å²) in [5.41, 5.74) is -1.76. The van der Waals surface area contributed by atoms with Crippen molar-refractivity contribution in [3.05, 3.63) is 96.5 Å². The van der Waals surface area contributed by atoms with Crippen molar-refractivity contribution in [1.29, 1.82) is 0 Å². The molecular weight excluding hydrogens is 527 g/mol. The maximum absolute atomic E-state index is 13.0. The monoisotopic (exact) mass is 540 g/mol. The second-order valence-corrected chi connectivity index (χ2v) is 8.55. The molecule has 5 rings (SSSR count). The molecule has 0 atom stereocenters. The Kier molecular flexibility index (Phi) is 6.19. The van der Waals surface area contributed by atoms with Crippen LogP contribution in [0.4, 0.5) is 5.95 Å². The first-order chi connectivity index (χ1) is 17.7. The average Bonchev–Trinajstić information content (AvgIpc) is 2.86. The summed E-state index contributed by atoms with van der Waals surface area (Å²) in [6, 6.07) is 9.13. The zero-order valence-corrected chi connectivity index (χ0v) is 20.0. The molecule has 0 bridgehead atoms. The van der Waals surface area contributed by atoms with Gasteiger partial charge in [0.25, 0.3) is 11.5 Å². The van der Waals surface area contributed by atoms with Gasteiger partial charge in [0.05, 0.1) is 15.7 Å². The molecule has 3 heterocycles. The highest BCUT2D eigenvalue weighted by Gasteiger charge is 2.27. The van der Waals surface area contributed by atoms with E-state index in [9.17, 15) is 19.2 Å². The number of benzene rings is 2. The molecule has 2 aromatic carbocycles. The van der Waals surface area contributed by atoms with E-state index < -0.39 is 22.9 Å². The molecule has 0 aliphatic carbocycles. The van der Waals surface area contributed by atoms with Crippen molar-refractivity contribution < 1.29 is 19.4 Å². The van der Waals surface area contributed by atoms with Crippen molar-refractivity contribution in [2.75, 3.05) is 11.4 Å². The lowest BCUT2D eigenvalue weighted by Crippen LogP contribution is -2.38. The van der Waals surface area contributed by atoms with Crippen LogP contribution in [0.15, 0.2) is 58.4 Å². The number of ether oxygens (including phenoxy) is 1. The molecule has 0 saturated heterocycles. The molecule has 37 heavy (non-hydrogen) atoms. The number of halogens is 2. The Morgan fingerprint density at radius 3 is 2.43 bits per heavy atom. The fraction of sp³-hybridized carbons (Fsp3) is 0.0870. The summed E-state index contributed by atoms with van der Waals surface area (Å²) in [5.74, 6) is -1.11. The highest BCUT2D eigenvalue weighted by Crippen LogP contribution is 2.39. The zero-order valence-electron chi connectivity index (χ0n) is 18.5. The van der Waals surface area contributed by atoms with Gasteiger partial charge in [-0.15, -0.1) is 0 Å². The van der Waals surface area contributed by atoms with Crippen LogP contribution in [0.3, 0.4) is 0 Å². The van der Waals surface area contributed by atoms with Crippen LogP contribution in [0, 0.1) is 0 Å². The third-order valence-corrected chi connectivity index (χ3v) is 5.99. The number of aromatic nitrogens is 5. The van der Waals surface area contributed by atoms with Gasteiger partial charge in [0, 0.05) is 24.5 Å². The fourth-order valence-corrected chi connectivity index (χ4v) is 4.30. The van der Waals surface area contributed by atoms with Crippen LogP contribution in [0.2, 0.25) is 10.0 Å². The van der Waals surface area contributed by atoms with Gasteiger partial charge < -0.3 is 9.84 Å². The minimum absolute atomic E-state index is 0.00496. The number of hydrogen-bond donors (Lipinski definition) is 2. The number of carbonyl (C=O) groups is 2. The molecule has 4 aromatic rings. The van der Waals surface area contributed by atoms with Crippen LogP contribution in [-0.4, -0.2) is 48.3 Å². The van der Waals surface area contributed by atoms with E-state index in [0.717, 1.165) is 5.56 Å². The van der Waals surface area contributed by atoms with Gasteiger partial charge in [-0.3, -0.25) is 19.5 Å². The Labute approximate surface area is 216 Å². The third kappa shape index (κ3) is 4.55. The molecule has 2 aromatic heterocycles. The Hall–Kier alpha value is -4.55. The van der Waals surface area contributed by atoms with Crippen molar-refractivity contribution in [2.45, 2.75) is 6.42 Å². The van der Waals surface area contributed by atoms with Crippen LogP contribution in [0.25, 0.3) is 5.69 Å². The summed E-state index contributed by atoms with van der Waals surface area (Å²) >= 11 is 12.7. The van der Waals surface area contributed by atoms with Crippen molar-refractivity contribution >= 4 is 41.0 Å². The van der Waals surface area contributed by atoms with Gasteiger partial charge in [0.2, 0.25) is 11.6 Å². The second kappa shape index (κ2) is 9.48. The standard InChI is InChI=1S/C23H14Cl2N6O6/c24-15-9-12(31-23(36)28-19(32)17(29-31)21(34)35)10-16(25)18(15)37-13-2-3-14-11(8-13)4-7-30(20(14)33)22-26-5-1-6-27-22/h1-3,5-6,8-10H,4,7H2,(H,34,35)(H,28,32,36). The van der Waals surface area contributed by atoms with Gasteiger partial charge in [0.15, 0.2) is 5.75 Å². The molecule has 12 nitrogen and oxygen atoms in total. The molecule has 1 amide bonds. The van der Waals surface area contributed by atoms with E-state index in [1.807, 2.05) is 4.98 Å². The lowest BCUT2D eigenvalue weighted by atomic mass is 9.99. The summed E-state index contributed by atoms with van der Waals surface area (Å²) < 4.78 is 6.53. The number of fused-ring (bicyclic) bond motifs is 1. The quantitative estimate of drug-likeness (QED) is 0.387. The van der Waals surface area contributed by atoms with Crippen molar-refractivity contribution in [2.24, 2.45) is 0 Å². The van der Waals surface area contributed by atoms with E-state index in [0.29, 0.717) is 34.9 Å². The van der Waals surface area contributed by atoms with E-state index in [1.54, 1.807) is 36.7 Å². The number of H-pyrrole nitrogens is 1. The minimum Gasteiger partial charge on any atom is -0.476 e. The van der Waals surface area contributed by atoms with Crippen molar-refractivity contribution in [3.63, 3.8) is 0 Å². The number of rotatable bonds is 5. The second-order valence-electron chi connectivity index (χ2n) is 7.74. The van der Waals surface area contributed by atoms with Crippen LogP contribution in [0.5, 0.6) is 11.5 Å². The van der Waals surface area contributed by atoms with E-state index in [4.69, 9.17) is 33.0 Å². The number of carbonyl (C=O) groups excluding carboxylic acids is 1. The van der Waals surface area contributed by atoms with E-state index in [-0.39, 0.29) is 27.4 Å². The lowest BCUT2D eigenvalue weighted by Gasteiger charge is -2.27. The molecule has 0 radical (unpaired) electrons. The molecule has 1 aliphatic heterocycles. The molecule has 0 unspecified atom stereocenters. The number of nitrogens with one attached hydrogen (secondary N) is 1.